The minimum absolute atomic E-state index is 0.0907. The number of hydrogen-bond acceptors (Lipinski definition) is 0. The van der Waals surface area contributed by atoms with Crippen molar-refractivity contribution in [2.45, 2.75) is 4.33 Å². The predicted octanol–water partition coefficient (Wildman–Crippen LogP) is 4.64. The second-order valence-corrected chi connectivity index (χ2v) is 4.87. The zero-order chi connectivity index (χ0) is 12.5. The maximum absolute atomic E-state index is 13.6. The molecule has 0 amide bonds. The molecule has 4 heteroatoms. The number of benzene rings is 2. The molecule has 2 rings (SSSR count). The molecule has 88 valence electrons. The van der Waals surface area contributed by atoms with Crippen molar-refractivity contribution in [2.24, 2.45) is 0 Å². The summed E-state index contributed by atoms with van der Waals surface area (Å²) in [6.45, 7) is 0. The molecule has 2 aromatic carbocycles. The van der Waals surface area contributed by atoms with Gasteiger partial charge in [-0.25, -0.2) is 8.78 Å². The first kappa shape index (κ1) is 12.3. The molecule has 0 aromatic heterocycles. The summed E-state index contributed by atoms with van der Waals surface area (Å²) in [5, 5.41) is 0. The zero-order valence-electron chi connectivity index (χ0n) is 8.63. The van der Waals surface area contributed by atoms with Crippen molar-refractivity contribution in [3.8, 4) is 0 Å². The van der Waals surface area contributed by atoms with Gasteiger partial charge >= 0.3 is 0 Å². The second kappa shape index (κ2) is 4.63. The van der Waals surface area contributed by atoms with Crippen LogP contribution in [0.4, 0.5) is 8.78 Å². The monoisotopic (exact) mass is 272 g/mol. The van der Waals surface area contributed by atoms with Gasteiger partial charge in [-0.1, -0.05) is 65.7 Å². The molecule has 0 fully saturated rings. The Morgan fingerprint density at radius 3 is 2.12 bits per heavy atom. The molecule has 0 aliphatic heterocycles. The summed E-state index contributed by atoms with van der Waals surface area (Å²) in [5.41, 5.74) is 0.403. The van der Waals surface area contributed by atoms with E-state index in [9.17, 15) is 8.78 Å². The topological polar surface area (TPSA) is 0 Å². The van der Waals surface area contributed by atoms with Gasteiger partial charge in [0.05, 0.1) is 0 Å². The quantitative estimate of drug-likeness (QED) is 0.699. The van der Waals surface area contributed by atoms with E-state index in [4.69, 9.17) is 23.2 Å². The average Bonchev–Trinajstić information content (AvgIpc) is 2.33. The molecule has 0 saturated heterocycles. The lowest BCUT2D eigenvalue weighted by molar-refractivity contribution is 0.498. The van der Waals surface area contributed by atoms with E-state index in [-0.39, 0.29) is 5.56 Å². The van der Waals surface area contributed by atoms with Gasteiger partial charge in [0.1, 0.15) is 0 Å². The van der Waals surface area contributed by atoms with E-state index in [2.05, 4.69) is 0 Å². The maximum atomic E-state index is 13.6. The minimum atomic E-state index is -1.60. The molecule has 2 aromatic rings. The Balaban J connectivity index is 2.56. The van der Waals surface area contributed by atoms with E-state index in [0.29, 0.717) is 5.56 Å². The Bertz CT molecular complexity index is 524. The molecule has 0 radical (unpaired) electrons. The van der Waals surface area contributed by atoms with Crippen LogP contribution in [0.15, 0.2) is 48.5 Å². The third-order valence-corrected chi connectivity index (χ3v) is 3.27. The Morgan fingerprint density at radius 2 is 1.47 bits per heavy atom. The van der Waals surface area contributed by atoms with E-state index in [1.165, 1.54) is 12.1 Å². The molecule has 0 unspecified atom stereocenters. The maximum Gasteiger partial charge on any atom is 0.171 e. The predicted molar refractivity (Wildman–Crippen MR) is 65.3 cm³/mol. The lowest BCUT2D eigenvalue weighted by Crippen LogP contribution is -2.15. The van der Waals surface area contributed by atoms with Gasteiger partial charge in [-0.2, -0.15) is 0 Å². The first-order chi connectivity index (χ1) is 8.03. The van der Waals surface area contributed by atoms with E-state index in [1.54, 1.807) is 30.3 Å². The van der Waals surface area contributed by atoms with E-state index in [0.717, 1.165) is 6.07 Å². The molecule has 0 spiro atoms. The lowest BCUT2D eigenvalue weighted by Gasteiger charge is -2.21. The van der Waals surface area contributed by atoms with Crippen molar-refractivity contribution in [2.75, 3.05) is 0 Å². The van der Waals surface area contributed by atoms with Crippen molar-refractivity contribution < 1.29 is 8.78 Å². The zero-order valence-corrected chi connectivity index (χ0v) is 10.1. The Kier molecular flexibility index (Phi) is 3.36. The SMILES string of the molecule is Fc1cccc(C(Cl)(Cl)c2ccccc2)c1F. The molecule has 0 nitrogen and oxygen atoms in total. The molecule has 0 N–H and O–H groups in total. The van der Waals surface area contributed by atoms with Crippen LogP contribution < -0.4 is 0 Å². The van der Waals surface area contributed by atoms with Crippen molar-refractivity contribution >= 4 is 23.2 Å². The summed E-state index contributed by atoms with van der Waals surface area (Å²) in [6.07, 6.45) is 0. The van der Waals surface area contributed by atoms with Crippen molar-refractivity contribution in [3.63, 3.8) is 0 Å². The van der Waals surface area contributed by atoms with Crippen LogP contribution >= 0.6 is 23.2 Å². The second-order valence-electron chi connectivity index (χ2n) is 3.54. The third kappa shape index (κ3) is 2.28. The first-order valence-corrected chi connectivity index (χ1v) is 5.67. The fourth-order valence-electron chi connectivity index (χ4n) is 1.55. The first-order valence-electron chi connectivity index (χ1n) is 4.91. The van der Waals surface area contributed by atoms with Crippen LogP contribution in [0, 0.1) is 11.6 Å². The highest BCUT2D eigenvalue weighted by atomic mass is 35.5. The van der Waals surface area contributed by atoms with Gasteiger partial charge in [0.15, 0.2) is 16.0 Å². The highest BCUT2D eigenvalue weighted by Crippen LogP contribution is 2.42. The van der Waals surface area contributed by atoms with Crippen LogP contribution in [0.5, 0.6) is 0 Å². The van der Waals surface area contributed by atoms with Crippen LogP contribution in [0.3, 0.4) is 0 Å². The Labute approximate surface area is 108 Å². The van der Waals surface area contributed by atoms with Crippen molar-refractivity contribution in [1.82, 2.24) is 0 Å². The molecule has 0 bridgehead atoms. The van der Waals surface area contributed by atoms with Gasteiger partial charge in [0, 0.05) is 5.56 Å². The average molecular weight is 273 g/mol. The highest BCUT2D eigenvalue weighted by Gasteiger charge is 2.32. The van der Waals surface area contributed by atoms with Gasteiger partial charge in [0.25, 0.3) is 0 Å². The molecule has 0 aliphatic carbocycles. The standard InChI is InChI=1S/C13H8Cl2F2/c14-13(15,9-5-2-1-3-6-9)10-7-4-8-11(16)12(10)17/h1-8H. The fraction of sp³-hybridized carbons (Fsp3) is 0.0769. The van der Waals surface area contributed by atoms with E-state index >= 15 is 0 Å². The van der Waals surface area contributed by atoms with E-state index < -0.39 is 16.0 Å². The summed E-state index contributed by atoms with van der Waals surface area (Å²) < 4.78 is 25.2. The Hall–Kier alpha value is -1.12. The minimum Gasteiger partial charge on any atom is -0.204 e. The summed E-state index contributed by atoms with van der Waals surface area (Å²) in [7, 11) is 0. The number of halogens is 4. The van der Waals surface area contributed by atoms with Crippen LogP contribution in [0.1, 0.15) is 11.1 Å². The van der Waals surface area contributed by atoms with Gasteiger partial charge in [-0.05, 0) is 11.6 Å². The van der Waals surface area contributed by atoms with Crippen LogP contribution in [-0.4, -0.2) is 0 Å². The summed E-state index contributed by atoms with van der Waals surface area (Å²) >= 11 is 12.2. The largest absolute Gasteiger partial charge is 0.204 e. The van der Waals surface area contributed by atoms with E-state index in [1.807, 2.05) is 0 Å². The summed E-state index contributed by atoms with van der Waals surface area (Å²) in [5.74, 6) is -1.99. The molecule has 0 atom stereocenters. The van der Waals surface area contributed by atoms with Crippen LogP contribution in [-0.2, 0) is 4.33 Å². The van der Waals surface area contributed by atoms with Gasteiger partial charge in [-0.3, -0.25) is 0 Å². The highest BCUT2D eigenvalue weighted by molar-refractivity contribution is 6.50. The number of alkyl halides is 2. The third-order valence-electron chi connectivity index (χ3n) is 2.43. The number of hydrogen-bond donors (Lipinski definition) is 0. The molecule has 0 aliphatic rings. The Morgan fingerprint density at radius 1 is 0.824 bits per heavy atom. The summed E-state index contributed by atoms with van der Waals surface area (Å²) in [4.78, 5) is 0. The van der Waals surface area contributed by atoms with Gasteiger partial charge in [0.2, 0.25) is 0 Å². The lowest BCUT2D eigenvalue weighted by atomic mass is 10.0. The molecule has 0 saturated carbocycles. The fourth-order valence-corrected chi connectivity index (χ4v) is 2.09. The van der Waals surface area contributed by atoms with Gasteiger partial charge in [-0.15, -0.1) is 0 Å². The summed E-state index contributed by atoms with van der Waals surface area (Å²) in [6, 6.07) is 12.3. The molecular formula is C13H8Cl2F2. The van der Waals surface area contributed by atoms with Crippen molar-refractivity contribution in [3.05, 3.63) is 71.3 Å². The van der Waals surface area contributed by atoms with Crippen molar-refractivity contribution in [1.29, 1.82) is 0 Å². The van der Waals surface area contributed by atoms with Crippen LogP contribution in [0.2, 0.25) is 0 Å². The normalized spacial score (nSPS) is 11.5. The molecule has 17 heavy (non-hydrogen) atoms. The van der Waals surface area contributed by atoms with Gasteiger partial charge < -0.3 is 0 Å². The smallest absolute Gasteiger partial charge is 0.171 e. The number of rotatable bonds is 2. The molecular weight excluding hydrogens is 265 g/mol. The van der Waals surface area contributed by atoms with Crippen LogP contribution in [0.25, 0.3) is 0 Å². The molecule has 0 heterocycles.